The maximum atomic E-state index is 13.7. The van der Waals surface area contributed by atoms with E-state index in [0.29, 0.717) is 6.04 Å². The summed E-state index contributed by atoms with van der Waals surface area (Å²) in [5.41, 5.74) is 0.828. The second-order valence-corrected chi connectivity index (χ2v) is 6.31. The molecule has 2 nitrogen and oxygen atoms in total. The second-order valence-electron chi connectivity index (χ2n) is 6.31. The lowest BCUT2D eigenvalue weighted by molar-refractivity contribution is 0.174. The Bertz CT molecular complexity index is 429. The van der Waals surface area contributed by atoms with E-state index in [1.807, 2.05) is 12.1 Å². The topological polar surface area (TPSA) is 15.3 Å². The van der Waals surface area contributed by atoms with Crippen molar-refractivity contribution in [2.75, 3.05) is 13.1 Å². The van der Waals surface area contributed by atoms with E-state index in [9.17, 15) is 4.39 Å². The number of nitrogens with one attached hydrogen (secondary N) is 1. The summed E-state index contributed by atoms with van der Waals surface area (Å²) in [5, 5.41) is 3.81. The first-order valence-corrected chi connectivity index (χ1v) is 8.03. The molecule has 3 rings (SSSR count). The van der Waals surface area contributed by atoms with Crippen molar-refractivity contribution in [2.24, 2.45) is 0 Å². The van der Waals surface area contributed by atoms with Crippen LogP contribution in [0, 0.1) is 5.82 Å². The Hall–Kier alpha value is -0.930. The SMILES string of the molecule is Fc1ccccc1CN1CCCC(NC2CCCC2)C1. The molecule has 0 radical (unpaired) electrons. The average molecular weight is 276 g/mol. The van der Waals surface area contributed by atoms with Crippen molar-refractivity contribution in [3.63, 3.8) is 0 Å². The second kappa shape index (κ2) is 6.68. The van der Waals surface area contributed by atoms with Crippen LogP contribution in [-0.2, 0) is 6.54 Å². The minimum absolute atomic E-state index is 0.0709. The predicted octanol–water partition coefficient (Wildman–Crippen LogP) is 3.32. The first-order chi connectivity index (χ1) is 9.81. The number of rotatable bonds is 4. The lowest BCUT2D eigenvalue weighted by atomic mass is 10.0. The Kier molecular flexibility index (Phi) is 4.69. The quantitative estimate of drug-likeness (QED) is 0.907. The molecule has 1 aromatic carbocycles. The minimum Gasteiger partial charge on any atom is -0.310 e. The molecule has 110 valence electrons. The van der Waals surface area contributed by atoms with Gasteiger partial charge in [-0.15, -0.1) is 0 Å². The molecule has 0 bridgehead atoms. The zero-order chi connectivity index (χ0) is 13.8. The van der Waals surface area contributed by atoms with E-state index >= 15 is 0 Å². The molecule has 0 aromatic heterocycles. The van der Waals surface area contributed by atoms with Gasteiger partial charge in [0.05, 0.1) is 0 Å². The van der Waals surface area contributed by atoms with E-state index in [0.717, 1.165) is 31.2 Å². The van der Waals surface area contributed by atoms with E-state index in [1.54, 1.807) is 12.1 Å². The first-order valence-electron chi connectivity index (χ1n) is 8.03. The van der Waals surface area contributed by atoms with Gasteiger partial charge in [-0.25, -0.2) is 4.39 Å². The van der Waals surface area contributed by atoms with Crippen molar-refractivity contribution in [3.8, 4) is 0 Å². The molecule has 20 heavy (non-hydrogen) atoms. The molecule has 1 saturated heterocycles. The number of likely N-dealkylation sites (tertiary alicyclic amines) is 1. The van der Waals surface area contributed by atoms with Gasteiger partial charge in [-0.3, -0.25) is 4.90 Å². The monoisotopic (exact) mass is 276 g/mol. The van der Waals surface area contributed by atoms with Gasteiger partial charge in [0.25, 0.3) is 0 Å². The number of benzene rings is 1. The third kappa shape index (κ3) is 3.58. The fraction of sp³-hybridized carbons (Fsp3) is 0.647. The average Bonchev–Trinajstić information content (AvgIpc) is 2.95. The van der Waals surface area contributed by atoms with E-state index in [4.69, 9.17) is 0 Å². The molecule has 1 aliphatic heterocycles. The largest absolute Gasteiger partial charge is 0.310 e. The van der Waals surface area contributed by atoms with Crippen molar-refractivity contribution in [2.45, 2.75) is 57.2 Å². The molecule has 3 heteroatoms. The third-order valence-electron chi connectivity index (χ3n) is 4.68. The molecule has 1 saturated carbocycles. The van der Waals surface area contributed by atoms with Crippen LogP contribution in [0.5, 0.6) is 0 Å². The molecule has 0 spiro atoms. The van der Waals surface area contributed by atoms with Gasteiger partial charge in [0.2, 0.25) is 0 Å². The van der Waals surface area contributed by atoms with Gasteiger partial charge in [0.1, 0.15) is 5.82 Å². The van der Waals surface area contributed by atoms with E-state index in [-0.39, 0.29) is 5.82 Å². The van der Waals surface area contributed by atoms with Crippen LogP contribution in [0.4, 0.5) is 4.39 Å². The Balaban J connectivity index is 1.53. The first kappa shape index (κ1) is 14.0. The normalized spacial score (nSPS) is 25.1. The van der Waals surface area contributed by atoms with Gasteiger partial charge in [0, 0.05) is 30.7 Å². The number of nitrogens with zero attached hydrogens (tertiary/aromatic N) is 1. The summed E-state index contributed by atoms with van der Waals surface area (Å²) < 4.78 is 13.7. The molecule has 1 aliphatic carbocycles. The lowest BCUT2D eigenvalue weighted by Crippen LogP contribution is -2.48. The van der Waals surface area contributed by atoms with Crippen LogP contribution in [0.1, 0.15) is 44.1 Å². The Labute approximate surface area is 121 Å². The van der Waals surface area contributed by atoms with Gasteiger partial charge < -0.3 is 5.32 Å². The summed E-state index contributed by atoms with van der Waals surface area (Å²) in [6.45, 7) is 2.90. The van der Waals surface area contributed by atoms with E-state index < -0.39 is 0 Å². The number of hydrogen-bond acceptors (Lipinski definition) is 2. The van der Waals surface area contributed by atoms with Crippen LogP contribution < -0.4 is 5.32 Å². The summed E-state index contributed by atoms with van der Waals surface area (Å²) >= 11 is 0. The molecular weight excluding hydrogens is 251 g/mol. The summed E-state index contributed by atoms with van der Waals surface area (Å²) in [6.07, 6.45) is 7.92. The van der Waals surface area contributed by atoms with Gasteiger partial charge >= 0.3 is 0 Å². The van der Waals surface area contributed by atoms with Crippen LogP contribution in [0.3, 0.4) is 0 Å². The zero-order valence-electron chi connectivity index (χ0n) is 12.2. The summed E-state index contributed by atoms with van der Waals surface area (Å²) in [6, 6.07) is 8.49. The van der Waals surface area contributed by atoms with E-state index in [1.165, 1.54) is 38.5 Å². The smallest absolute Gasteiger partial charge is 0.127 e. The fourth-order valence-electron chi connectivity index (χ4n) is 3.63. The maximum absolute atomic E-state index is 13.7. The molecule has 1 heterocycles. The van der Waals surface area contributed by atoms with Crippen molar-refractivity contribution in [1.82, 2.24) is 10.2 Å². The molecule has 1 unspecified atom stereocenters. The number of halogens is 1. The van der Waals surface area contributed by atoms with Crippen molar-refractivity contribution in [3.05, 3.63) is 35.6 Å². The molecule has 1 N–H and O–H groups in total. The zero-order valence-corrected chi connectivity index (χ0v) is 12.2. The minimum atomic E-state index is -0.0709. The maximum Gasteiger partial charge on any atom is 0.127 e. The van der Waals surface area contributed by atoms with Crippen LogP contribution in [-0.4, -0.2) is 30.1 Å². The van der Waals surface area contributed by atoms with Crippen molar-refractivity contribution < 1.29 is 4.39 Å². The number of hydrogen-bond donors (Lipinski definition) is 1. The van der Waals surface area contributed by atoms with Crippen molar-refractivity contribution >= 4 is 0 Å². The summed E-state index contributed by atoms with van der Waals surface area (Å²) in [5.74, 6) is -0.0709. The molecule has 0 amide bonds. The van der Waals surface area contributed by atoms with Crippen LogP contribution in [0.15, 0.2) is 24.3 Å². The third-order valence-corrected chi connectivity index (χ3v) is 4.68. The molecule has 1 atom stereocenters. The van der Waals surface area contributed by atoms with Gasteiger partial charge in [-0.2, -0.15) is 0 Å². The Morgan fingerprint density at radius 1 is 1.05 bits per heavy atom. The number of piperidine rings is 1. The summed E-state index contributed by atoms with van der Waals surface area (Å²) in [7, 11) is 0. The Morgan fingerprint density at radius 3 is 2.60 bits per heavy atom. The Morgan fingerprint density at radius 2 is 1.80 bits per heavy atom. The molecule has 2 aliphatic rings. The standard InChI is InChI=1S/C17H25FN2/c18-17-10-4-1-6-14(17)12-20-11-5-9-16(13-20)19-15-7-2-3-8-15/h1,4,6,10,15-16,19H,2-3,5,7-9,11-13H2. The van der Waals surface area contributed by atoms with Gasteiger partial charge in [0.15, 0.2) is 0 Å². The van der Waals surface area contributed by atoms with E-state index in [2.05, 4.69) is 10.2 Å². The molecule has 2 fully saturated rings. The van der Waals surface area contributed by atoms with Crippen molar-refractivity contribution in [1.29, 1.82) is 0 Å². The molecule has 1 aromatic rings. The summed E-state index contributed by atoms with van der Waals surface area (Å²) in [4.78, 5) is 2.40. The predicted molar refractivity (Wildman–Crippen MR) is 80.1 cm³/mol. The van der Waals surface area contributed by atoms with Gasteiger partial charge in [-0.1, -0.05) is 31.0 Å². The lowest BCUT2D eigenvalue weighted by Gasteiger charge is -2.34. The van der Waals surface area contributed by atoms with Crippen LogP contribution in [0.25, 0.3) is 0 Å². The highest BCUT2D eigenvalue weighted by Crippen LogP contribution is 2.21. The highest BCUT2D eigenvalue weighted by Gasteiger charge is 2.24. The van der Waals surface area contributed by atoms with Crippen LogP contribution in [0.2, 0.25) is 0 Å². The highest BCUT2D eigenvalue weighted by molar-refractivity contribution is 5.17. The van der Waals surface area contributed by atoms with Gasteiger partial charge in [-0.05, 0) is 38.3 Å². The molecular formula is C17H25FN2. The highest BCUT2D eigenvalue weighted by atomic mass is 19.1. The fourth-order valence-corrected chi connectivity index (χ4v) is 3.63. The van der Waals surface area contributed by atoms with Crippen LogP contribution >= 0.6 is 0 Å².